The first kappa shape index (κ1) is 31.8. The Labute approximate surface area is 247 Å². The second-order valence-corrected chi connectivity index (χ2v) is 17.6. The van der Waals surface area contributed by atoms with Crippen molar-refractivity contribution in [2.24, 2.45) is 5.10 Å². The predicted octanol–water partition coefficient (Wildman–Crippen LogP) is 2.18. The van der Waals surface area contributed by atoms with Crippen LogP contribution in [0.5, 0.6) is 5.75 Å². The molecule has 3 aliphatic carbocycles. The maximum Gasteiger partial charge on any atom is 0.303 e. The molecule has 0 radical (unpaired) electrons. The molecule has 3 N–H and O–H groups in total. The molecule has 4 atom stereocenters. The van der Waals surface area contributed by atoms with Gasteiger partial charge in [0.05, 0.1) is 10.6 Å². The van der Waals surface area contributed by atoms with Crippen molar-refractivity contribution in [3.63, 3.8) is 0 Å². The molecule has 43 heavy (non-hydrogen) atoms. The number of phenols is 1. The molecule has 0 saturated heterocycles. The summed E-state index contributed by atoms with van der Waals surface area (Å²) in [6.45, 7) is 14.6. The number of esters is 3. The van der Waals surface area contributed by atoms with Crippen LogP contribution in [0, 0.1) is 10.4 Å². The average molecular weight is 613 g/mol. The number of aliphatic hydroxyl groups is 1. The van der Waals surface area contributed by atoms with Gasteiger partial charge >= 0.3 is 17.9 Å². The molecule has 0 spiro atoms. The summed E-state index contributed by atoms with van der Waals surface area (Å²) in [5.41, 5.74) is -3.83. The third kappa shape index (κ3) is 5.20. The lowest BCUT2D eigenvalue weighted by atomic mass is 9.75. The van der Waals surface area contributed by atoms with E-state index in [0.717, 1.165) is 20.8 Å². The fourth-order valence-corrected chi connectivity index (χ4v) is 6.00. The molecule has 0 amide bonds. The molecule has 0 aromatic heterocycles. The van der Waals surface area contributed by atoms with Crippen molar-refractivity contribution in [1.82, 2.24) is 5.09 Å². The zero-order chi connectivity index (χ0) is 32.4. The SMILES string of the molecule is CC(=O)O[C@@H]1c2c(c3c(=O)c4cccc(O)c4c(=O)c=3c2=NN[Si](C)(C)C(C)(C)C)[C@H](OC(C)=O)[C@@H](OC(C)=O)[C@]1(C)O. The Kier molecular flexibility index (Phi) is 7.82. The van der Waals surface area contributed by atoms with Gasteiger partial charge in [0.1, 0.15) is 16.7 Å². The molecule has 0 fully saturated rings. The molecule has 0 saturated carbocycles. The van der Waals surface area contributed by atoms with Gasteiger partial charge in [0.15, 0.2) is 32.0 Å². The van der Waals surface area contributed by atoms with E-state index in [1.54, 1.807) is 0 Å². The van der Waals surface area contributed by atoms with E-state index in [4.69, 9.17) is 14.2 Å². The maximum atomic E-state index is 14.2. The number of benzene rings is 1. The zero-order valence-corrected chi connectivity index (χ0v) is 26.6. The summed E-state index contributed by atoms with van der Waals surface area (Å²) >= 11 is 0. The van der Waals surface area contributed by atoms with Crippen molar-refractivity contribution < 1.29 is 38.8 Å². The Morgan fingerprint density at radius 1 is 0.930 bits per heavy atom. The first-order valence-corrected chi connectivity index (χ1v) is 16.7. The van der Waals surface area contributed by atoms with Crippen molar-refractivity contribution in [3.05, 3.63) is 65.6 Å². The Morgan fingerprint density at radius 3 is 2.05 bits per heavy atom. The molecule has 0 heterocycles. The van der Waals surface area contributed by atoms with Crippen LogP contribution < -0.4 is 21.3 Å². The van der Waals surface area contributed by atoms with Crippen molar-refractivity contribution in [1.29, 1.82) is 0 Å². The number of hydrogen-bond donors (Lipinski definition) is 3. The van der Waals surface area contributed by atoms with E-state index in [1.165, 1.54) is 25.1 Å². The van der Waals surface area contributed by atoms with Gasteiger partial charge in [-0.15, -0.1) is 0 Å². The smallest absolute Gasteiger partial charge is 0.303 e. The fraction of sp³-hybridized carbons (Fsp3) is 0.467. The number of ether oxygens (including phenoxy) is 3. The number of carbonyl (C=O) groups is 3. The van der Waals surface area contributed by atoms with Crippen LogP contribution in [0.25, 0.3) is 10.8 Å². The van der Waals surface area contributed by atoms with Crippen LogP contribution in [0.3, 0.4) is 0 Å². The molecular formula is C30H36N2O10Si. The van der Waals surface area contributed by atoms with Gasteiger partial charge in [-0.2, -0.15) is 5.10 Å². The van der Waals surface area contributed by atoms with Crippen LogP contribution in [0.15, 0.2) is 32.9 Å². The fourth-order valence-electron chi connectivity index (χ4n) is 5.28. The molecule has 0 aliphatic heterocycles. The molecule has 1 aromatic carbocycles. The molecule has 12 nitrogen and oxygen atoms in total. The van der Waals surface area contributed by atoms with Gasteiger partial charge in [0.2, 0.25) is 5.43 Å². The highest BCUT2D eigenvalue weighted by atomic mass is 28.3. The van der Waals surface area contributed by atoms with E-state index in [1.807, 2.05) is 33.9 Å². The van der Waals surface area contributed by atoms with Crippen molar-refractivity contribution >= 4 is 36.9 Å². The minimum Gasteiger partial charge on any atom is -0.507 e. The second kappa shape index (κ2) is 10.6. The lowest BCUT2D eigenvalue weighted by Gasteiger charge is -2.45. The topological polar surface area (TPSA) is 178 Å². The molecule has 230 valence electrons. The lowest BCUT2D eigenvalue weighted by molar-refractivity contribution is -0.221. The second-order valence-electron chi connectivity index (χ2n) is 12.7. The van der Waals surface area contributed by atoms with E-state index in [2.05, 4.69) is 10.2 Å². The summed E-state index contributed by atoms with van der Waals surface area (Å²) in [7, 11) is -2.43. The first-order chi connectivity index (χ1) is 19.7. The Bertz CT molecular complexity index is 1880. The summed E-state index contributed by atoms with van der Waals surface area (Å²) in [6.07, 6.45) is -4.88. The third-order valence-electron chi connectivity index (χ3n) is 8.39. The quantitative estimate of drug-likeness (QED) is 0.166. The number of fused-ring (bicyclic) bond motifs is 3. The maximum absolute atomic E-state index is 14.2. The van der Waals surface area contributed by atoms with E-state index in [0.29, 0.717) is 0 Å². The van der Waals surface area contributed by atoms with E-state index >= 15 is 0 Å². The normalized spacial score (nSPS) is 22.7. The number of carbonyl (C=O) groups excluding carboxylic acids is 3. The van der Waals surface area contributed by atoms with Crippen LogP contribution >= 0.6 is 0 Å². The van der Waals surface area contributed by atoms with Crippen molar-refractivity contribution in [2.75, 3.05) is 0 Å². The summed E-state index contributed by atoms with van der Waals surface area (Å²) in [5.74, 6) is -2.95. The number of aromatic hydroxyl groups is 1. The third-order valence-corrected chi connectivity index (χ3v) is 12.8. The Balaban J connectivity index is 2.36. The number of rotatable bonds is 5. The Hall–Kier alpha value is -4.10. The highest BCUT2D eigenvalue weighted by molar-refractivity contribution is 6.77. The van der Waals surface area contributed by atoms with Crippen LogP contribution in [-0.2, 0) is 28.6 Å². The minimum absolute atomic E-state index is 0.0555. The number of nitrogens with zero attached hydrogens (tertiary/aromatic N) is 1. The average Bonchev–Trinajstić information content (AvgIpc) is 3.20. The van der Waals surface area contributed by atoms with Gasteiger partial charge in [0, 0.05) is 42.5 Å². The van der Waals surface area contributed by atoms with Gasteiger partial charge in [-0.3, -0.25) is 24.0 Å². The lowest BCUT2D eigenvalue weighted by Crippen LogP contribution is -2.56. The van der Waals surface area contributed by atoms with Crippen LogP contribution in [0.4, 0.5) is 0 Å². The van der Waals surface area contributed by atoms with Gasteiger partial charge in [-0.05, 0) is 31.1 Å². The molecule has 3 aliphatic rings. The van der Waals surface area contributed by atoms with Gasteiger partial charge in [-0.25, -0.2) is 0 Å². The standard InChI is InChI=1S/C30H36N2O10Si/c1-13(33)40-26-20-19-21(25(38)18-16(24(19)37)11-10-12-17(18)36)23(31-32-43(8,9)29(4,5)6)22(20)27(41-14(2)34)30(7,39)28(26)42-15(3)35/h10-12,26-28,32,36,39H,1-9H3/t26-,27+,28+,30+/m0/s1. The highest BCUT2D eigenvalue weighted by Gasteiger charge is 2.57. The van der Waals surface area contributed by atoms with Crippen LogP contribution in [0.2, 0.25) is 18.1 Å². The summed E-state index contributed by atoms with van der Waals surface area (Å²) < 4.78 is 16.7. The van der Waals surface area contributed by atoms with Gasteiger partial charge < -0.3 is 29.5 Å². The number of hydrogen-bond acceptors (Lipinski definition) is 12. The number of phenolic OH excluding ortho intramolecular Hbond substituents is 1. The largest absolute Gasteiger partial charge is 0.507 e. The number of nitrogens with one attached hydrogen (secondary N) is 1. The van der Waals surface area contributed by atoms with E-state index in [9.17, 15) is 34.2 Å². The summed E-state index contributed by atoms with van der Waals surface area (Å²) in [6, 6.07) is 4.05. The molecular weight excluding hydrogens is 576 g/mol. The zero-order valence-electron chi connectivity index (χ0n) is 25.6. The van der Waals surface area contributed by atoms with E-state index in [-0.39, 0.29) is 42.7 Å². The molecule has 4 rings (SSSR count). The Morgan fingerprint density at radius 2 is 1.51 bits per heavy atom. The first-order valence-electron chi connectivity index (χ1n) is 13.7. The summed E-state index contributed by atoms with van der Waals surface area (Å²) in [5, 5.41) is 29.2. The van der Waals surface area contributed by atoms with Crippen LogP contribution in [-0.4, -0.2) is 48.1 Å². The van der Waals surface area contributed by atoms with Crippen LogP contribution in [0.1, 0.15) is 71.8 Å². The van der Waals surface area contributed by atoms with E-state index < -0.39 is 66.7 Å². The highest BCUT2D eigenvalue weighted by Crippen LogP contribution is 2.47. The molecule has 0 unspecified atom stereocenters. The summed E-state index contributed by atoms with van der Waals surface area (Å²) in [4.78, 5) is 65.4. The monoisotopic (exact) mass is 612 g/mol. The minimum atomic E-state index is -2.43. The van der Waals surface area contributed by atoms with Gasteiger partial charge in [0.25, 0.3) is 0 Å². The molecule has 0 bridgehead atoms. The van der Waals surface area contributed by atoms with Crippen molar-refractivity contribution in [2.45, 2.75) is 90.5 Å². The molecule has 13 heteroatoms. The molecule has 1 aromatic rings. The van der Waals surface area contributed by atoms with Crippen molar-refractivity contribution in [3.8, 4) is 5.75 Å². The predicted molar refractivity (Wildman–Crippen MR) is 157 cm³/mol. The van der Waals surface area contributed by atoms with Gasteiger partial charge in [-0.1, -0.05) is 32.9 Å².